The van der Waals surface area contributed by atoms with Gasteiger partial charge in [0, 0.05) is 19.6 Å². The molecule has 0 spiro atoms. The van der Waals surface area contributed by atoms with Crippen molar-refractivity contribution in [2.45, 2.75) is 84.8 Å². The smallest absolute Gasteiger partial charge is 0.407 e. The van der Waals surface area contributed by atoms with Gasteiger partial charge in [-0.15, -0.1) is 0 Å². The number of esters is 1. The topological polar surface area (TPSA) is 96.4 Å². The molecule has 0 aromatic carbocycles. The van der Waals surface area contributed by atoms with Crippen molar-refractivity contribution < 1.29 is 29.0 Å². The highest BCUT2D eigenvalue weighted by molar-refractivity contribution is 6.03. The van der Waals surface area contributed by atoms with Crippen molar-refractivity contribution in [2.24, 2.45) is 17.3 Å². The number of hydrogen-bond donors (Lipinski definition) is 1. The summed E-state index contributed by atoms with van der Waals surface area (Å²) >= 11 is 0. The molecule has 0 aromatic heterocycles. The molecule has 2 aliphatic heterocycles. The van der Waals surface area contributed by atoms with Crippen LogP contribution in [0.3, 0.4) is 0 Å². The van der Waals surface area contributed by atoms with Gasteiger partial charge in [-0.05, 0) is 84.8 Å². The monoisotopic (exact) mass is 468 g/mol. The minimum absolute atomic E-state index is 0.0129. The number of Topliss-reactive ketones (excluding diaryl/α,β-unsaturated/α-hetero) is 1. The summed E-state index contributed by atoms with van der Waals surface area (Å²) in [5.74, 6) is -1.15. The van der Waals surface area contributed by atoms with Gasteiger partial charge in [0.15, 0.2) is 5.78 Å². The maximum absolute atomic E-state index is 13.2. The summed E-state index contributed by atoms with van der Waals surface area (Å²) < 4.78 is 11.4. The summed E-state index contributed by atoms with van der Waals surface area (Å²) in [5.41, 5.74) is -1.90. The molecule has 0 saturated carbocycles. The Morgan fingerprint density at radius 3 is 2.36 bits per heavy atom. The minimum atomic E-state index is -1.30. The van der Waals surface area contributed by atoms with Gasteiger partial charge in [-0.25, -0.2) is 4.79 Å². The molecule has 2 heterocycles. The van der Waals surface area contributed by atoms with Crippen LogP contribution in [0.2, 0.25) is 0 Å². The van der Waals surface area contributed by atoms with Gasteiger partial charge in [0.1, 0.15) is 12.0 Å². The number of ether oxygens (including phenoxy) is 2. The predicted octanol–water partition coefficient (Wildman–Crippen LogP) is 3.82. The second kappa shape index (κ2) is 11.6. The molecular formula is C25H44N2O6. The Hall–Kier alpha value is -1.67. The lowest BCUT2D eigenvalue weighted by molar-refractivity contribution is -0.161. The summed E-state index contributed by atoms with van der Waals surface area (Å²) in [6.45, 7) is 12.4. The summed E-state index contributed by atoms with van der Waals surface area (Å²) in [4.78, 5) is 42.2. The Kier molecular flexibility index (Phi) is 9.73. The molecule has 0 aliphatic carbocycles. The fourth-order valence-electron chi connectivity index (χ4n) is 5.47. The third kappa shape index (κ3) is 7.41. The van der Waals surface area contributed by atoms with Gasteiger partial charge in [0.05, 0.1) is 11.6 Å². The van der Waals surface area contributed by atoms with Gasteiger partial charge >= 0.3 is 12.1 Å². The van der Waals surface area contributed by atoms with E-state index in [-0.39, 0.29) is 18.3 Å². The van der Waals surface area contributed by atoms with Crippen LogP contribution >= 0.6 is 0 Å². The molecule has 2 saturated heterocycles. The molecule has 2 fully saturated rings. The zero-order chi connectivity index (χ0) is 24.8. The largest absolute Gasteiger partial charge is 0.465 e. The lowest BCUT2D eigenvalue weighted by Gasteiger charge is -2.36. The first-order chi connectivity index (χ1) is 15.4. The van der Waals surface area contributed by atoms with E-state index in [1.165, 1.54) is 17.7 Å². The van der Waals surface area contributed by atoms with Gasteiger partial charge < -0.3 is 24.4 Å². The van der Waals surface area contributed by atoms with Crippen molar-refractivity contribution in [1.82, 2.24) is 9.80 Å². The van der Waals surface area contributed by atoms with Crippen LogP contribution in [0.4, 0.5) is 4.79 Å². The molecule has 4 unspecified atom stereocenters. The maximum Gasteiger partial charge on any atom is 0.407 e. The first-order valence-corrected chi connectivity index (χ1v) is 12.4. The van der Waals surface area contributed by atoms with E-state index in [2.05, 4.69) is 4.90 Å². The van der Waals surface area contributed by atoms with Crippen LogP contribution in [-0.4, -0.2) is 84.3 Å². The van der Waals surface area contributed by atoms with Crippen molar-refractivity contribution in [3.63, 3.8) is 0 Å². The Balaban J connectivity index is 2.28. The number of rotatable bonds is 5. The average Bonchev–Trinajstić information content (AvgIpc) is 3.26. The van der Waals surface area contributed by atoms with Gasteiger partial charge in [-0.1, -0.05) is 13.8 Å². The van der Waals surface area contributed by atoms with Crippen LogP contribution in [0.15, 0.2) is 0 Å². The quantitative estimate of drug-likeness (QED) is 0.484. The lowest BCUT2D eigenvalue weighted by atomic mass is 9.76. The highest BCUT2D eigenvalue weighted by atomic mass is 16.5. The van der Waals surface area contributed by atoms with Crippen LogP contribution < -0.4 is 0 Å². The number of carboxylic acid groups (broad SMARTS) is 1. The predicted molar refractivity (Wildman–Crippen MR) is 126 cm³/mol. The lowest BCUT2D eigenvalue weighted by Crippen LogP contribution is -2.46. The molecule has 0 bridgehead atoms. The fourth-order valence-corrected chi connectivity index (χ4v) is 5.47. The maximum atomic E-state index is 13.2. The first kappa shape index (κ1) is 27.6. The summed E-state index contributed by atoms with van der Waals surface area (Å²) in [6, 6.07) is -0.450. The molecule has 0 aromatic rings. The number of ketones is 1. The summed E-state index contributed by atoms with van der Waals surface area (Å²) in [5, 5.41) is 10.0. The third-order valence-electron chi connectivity index (χ3n) is 7.40. The number of methoxy groups -OCH3 is 1. The highest BCUT2D eigenvalue weighted by Crippen LogP contribution is 2.34. The number of cyclic esters (lactones) is 1. The zero-order valence-corrected chi connectivity index (χ0v) is 21.4. The molecule has 4 atom stereocenters. The van der Waals surface area contributed by atoms with E-state index in [1.807, 2.05) is 20.8 Å². The number of likely N-dealkylation sites (tertiary alicyclic amines) is 1. The number of nitrogens with zero attached hydrogens (tertiary/aromatic N) is 2. The Morgan fingerprint density at radius 1 is 1.15 bits per heavy atom. The molecule has 8 nitrogen and oxygen atoms in total. The molecular weight excluding hydrogens is 424 g/mol. The molecule has 2 aliphatic rings. The van der Waals surface area contributed by atoms with Gasteiger partial charge in [0.25, 0.3) is 0 Å². The van der Waals surface area contributed by atoms with E-state index in [1.54, 1.807) is 21.0 Å². The van der Waals surface area contributed by atoms with Crippen LogP contribution in [-0.2, 0) is 19.1 Å². The van der Waals surface area contributed by atoms with E-state index < -0.39 is 35.0 Å². The zero-order valence-electron chi connectivity index (χ0n) is 21.4. The second-order valence-corrected chi connectivity index (χ2v) is 10.9. The van der Waals surface area contributed by atoms with Crippen molar-refractivity contribution in [2.75, 3.05) is 39.9 Å². The van der Waals surface area contributed by atoms with Crippen molar-refractivity contribution >= 4 is 17.8 Å². The standard InChI is InChI=1S/C25H44N2O6/c1-18-14-25(5,32-6)15-19(2)21(28)24(3,4)22(29)33-17-20(27(16-18)23(30)31)10-9-13-26-11-7-8-12-26/h18-20H,7-17H2,1-6H3,(H,30,31). The summed E-state index contributed by atoms with van der Waals surface area (Å²) in [7, 11) is 1.62. The molecule has 1 amide bonds. The van der Waals surface area contributed by atoms with Crippen molar-refractivity contribution in [1.29, 1.82) is 0 Å². The Morgan fingerprint density at radius 2 is 1.79 bits per heavy atom. The molecule has 33 heavy (non-hydrogen) atoms. The molecule has 1 N–H and O–H groups in total. The van der Waals surface area contributed by atoms with E-state index in [4.69, 9.17) is 9.47 Å². The Bertz CT molecular complexity index is 690. The van der Waals surface area contributed by atoms with Crippen LogP contribution in [0.1, 0.15) is 73.1 Å². The molecule has 0 radical (unpaired) electrons. The number of hydrogen-bond acceptors (Lipinski definition) is 6. The van der Waals surface area contributed by atoms with Crippen LogP contribution in [0.5, 0.6) is 0 Å². The normalized spacial score (nSPS) is 32.5. The minimum Gasteiger partial charge on any atom is -0.465 e. The number of amides is 1. The summed E-state index contributed by atoms with van der Waals surface area (Å²) in [6.07, 6.45) is 3.90. The first-order valence-electron chi connectivity index (χ1n) is 12.4. The van der Waals surface area contributed by atoms with Crippen LogP contribution in [0, 0.1) is 17.3 Å². The van der Waals surface area contributed by atoms with Gasteiger partial charge in [0.2, 0.25) is 0 Å². The number of carbonyl (C=O) groups is 3. The van der Waals surface area contributed by atoms with E-state index in [0.717, 1.165) is 26.1 Å². The van der Waals surface area contributed by atoms with Gasteiger partial charge in [-0.3, -0.25) is 9.59 Å². The molecule has 8 heteroatoms. The third-order valence-corrected chi connectivity index (χ3v) is 7.40. The van der Waals surface area contributed by atoms with Crippen molar-refractivity contribution in [3.8, 4) is 0 Å². The highest BCUT2D eigenvalue weighted by Gasteiger charge is 2.43. The Labute approximate surface area is 199 Å². The van der Waals surface area contributed by atoms with Crippen molar-refractivity contribution in [3.05, 3.63) is 0 Å². The number of carbonyl (C=O) groups excluding carboxylic acids is 2. The second-order valence-electron chi connectivity index (χ2n) is 10.9. The van der Waals surface area contributed by atoms with E-state index >= 15 is 0 Å². The SMILES string of the molecule is COC1(C)CC(C)CN(C(=O)O)C(CCCN2CCCC2)COC(=O)C(C)(C)C(=O)C(C)C1. The fraction of sp³-hybridized carbons (Fsp3) is 0.880. The van der Waals surface area contributed by atoms with E-state index in [0.29, 0.717) is 25.8 Å². The molecule has 2 rings (SSSR count). The molecule has 190 valence electrons. The van der Waals surface area contributed by atoms with E-state index in [9.17, 15) is 19.5 Å². The van der Waals surface area contributed by atoms with Crippen LogP contribution in [0.25, 0.3) is 0 Å². The average molecular weight is 469 g/mol. The van der Waals surface area contributed by atoms with Gasteiger partial charge in [-0.2, -0.15) is 0 Å².